The highest BCUT2D eigenvalue weighted by Crippen LogP contribution is 2.38. The Morgan fingerprint density at radius 3 is 2.46 bits per heavy atom. The first-order chi connectivity index (χ1) is 25.7. The number of carbonyl (C=O) groups is 2. The molecule has 0 radical (unpaired) electrons. The number of ether oxygens (including phenoxy) is 4. The Morgan fingerprint density at radius 2 is 1.80 bits per heavy atom. The third-order valence-electron chi connectivity index (χ3n) is 9.82. The summed E-state index contributed by atoms with van der Waals surface area (Å²) in [5.41, 5.74) is 1.69. The van der Waals surface area contributed by atoms with E-state index < -0.39 is 24.7 Å². The van der Waals surface area contributed by atoms with E-state index in [4.69, 9.17) is 42.1 Å². The lowest BCUT2D eigenvalue weighted by atomic mass is 9.86. The van der Waals surface area contributed by atoms with E-state index in [1.807, 2.05) is 6.07 Å². The van der Waals surface area contributed by atoms with Crippen LogP contribution in [-0.4, -0.2) is 66.3 Å². The molecule has 1 saturated carbocycles. The van der Waals surface area contributed by atoms with Crippen molar-refractivity contribution in [2.45, 2.75) is 63.5 Å². The number of esters is 2. The van der Waals surface area contributed by atoms with Crippen LogP contribution >= 0.6 is 34.5 Å². The number of halogens is 4. The Balaban J connectivity index is 0.00000497. The minimum atomic E-state index is -3.05. The van der Waals surface area contributed by atoms with Crippen LogP contribution in [0.2, 0.25) is 10.0 Å². The number of nitrogens with zero attached hydrogens (tertiary/aromatic N) is 2. The van der Waals surface area contributed by atoms with Crippen molar-refractivity contribution in [1.29, 1.82) is 0 Å². The number of fused-ring (bicyclic) bond motifs is 3. The van der Waals surface area contributed by atoms with Gasteiger partial charge in [0.2, 0.25) is 0 Å². The molecule has 54 heavy (non-hydrogen) atoms. The first-order valence-electron chi connectivity index (χ1n) is 17.6. The number of piperidine rings is 3. The van der Waals surface area contributed by atoms with Gasteiger partial charge < -0.3 is 24.4 Å². The van der Waals surface area contributed by atoms with Gasteiger partial charge in [0.1, 0.15) is 33.2 Å². The average Bonchev–Trinajstić information content (AvgIpc) is 3.87. The summed E-state index contributed by atoms with van der Waals surface area (Å²) in [6, 6.07) is 10.8. The van der Waals surface area contributed by atoms with Gasteiger partial charge in [-0.15, -0.1) is 11.3 Å². The molecular weight excluding hydrogens is 765 g/mol. The maximum absolute atomic E-state index is 13.7. The van der Waals surface area contributed by atoms with Gasteiger partial charge in [0, 0.05) is 42.3 Å². The Hall–Kier alpha value is -3.92. The molecule has 4 aliphatic rings. The molecule has 0 spiro atoms. The number of benzene rings is 1. The predicted molar refractivity (Wildman–Crippen MR) is 195 cm³/mol. The number of thiophene rings is 1. The van der Waals surface area contributed by atoms with Crippen molar-refractivity contribution >= 4 is 46.5 Å². The second kappa shape index (κ2) is 18.1. The minimum Gasteiger partial charge on any atom is -0.870 e. The summed E-state index contributed by atoms with van der Waals surface area (Å²) in [7, 11) is 0. The van der Waals surface area contributed by atoms with Crippen molar-refractivity contribution in [3.05, 3.63) is 104 Å². The first-order valence-corrected chi connectivity index (χ1v) is 19.2. The number of H-pyrrole nitrogens is 1. The van der Waals surface area contributed by atoms with E-state index >= 15 is 0 Å². The molecule has 6 heterocycles. The zero-order chi connectivity index (χ0) is 36.9. The first kappa shape index (κ1) is 39.8. The maximum Gasteiger partial charge on any atom is 0.387 e. The van der Waals surface area contributed by atoms with Crippen molar-refractivity contribution in [3.8, 4) is 11.5 Å². The smallest absolute Gasteiger partial charge is 0.387 e. The van der Waals surface area contributed by atoms with E-state index in [1.165, 1.54) is 17.4 Å². The van der Waals surface area contributed by atoms with Gasteiger partial charge in [-0.1, -0.05) is 35.3 Å². The lowest BCUT2D eigenvalue weighted by molar-refractivity contribution is -0.377. The fourth-order valence-electron chi connectivity index (χ4n) is 6.73. The maximum atomic E-state index is 13.7. The number of rotatable bonds is 16. The van der Waals surface area contributed by atoms with Crippen molar-refractivity contribution in [1.82, 2.24) is 15.2 Å². The molecule has 0 amide bonds. The third-order valence-corrected chi connectivity index (χ3v) is 11.6. The van der Waals surface area contributed by atoms with Crippen molar-refractivity contribution < 1.29 is 47.8 Å². The summed E-state index contributed by atoms with van der Waals surface area (Å²) in [6.45, 7) is 0.404. The predicted octanol–water partition coefficient (Wildman–Crippen LogP) is 7.09. The van der Waals surface area contributed by atoms with Gasteiger partial charge in [0.15, 0.2) is 23.9 Å². The van der Waals surface area contributed by atoms with Crippen molar-refractivity contribution in [2.75, 3.05) is 26.2 Å². The number of pyridine rings is 2. The highest BCUT2D eigenvalue weighted by atomic mass is 35.5. The summed E-state index contributed by atoms with van der Waals surface area (Å²) in [4.78, 5) is 37.8. The molecule has 4 fully saturated rings. The fraction of sp³-hybridized carbons (Fsp3) is 0.421. The summed E-state index contributed by atoms with van der Waals surface area (Å²) in [5, 5.41) is 3.99. The lowest BCUT2D eigenvalue weighted by Gasteiger charge is -2.44. The van der Waals surface area contributed by atoms with Gasteiger partial charge in [-0.05, 0) is 92.1 Å². The molecule has 11 nitrogen and oxygen atoms in total. The standard InChI is InChI=1S/C38H38Cl2F2N4O6S.H2O/c39-28-18-44-19-29(40)27(28)15-31(24-5-7-30(52-38(41)42)32(14-24)49-21-22-3-4-22)50-36(47)34-8-6-26(53-34)17-45-35(25-2-1-11-43-16-25)37(48)51-33-20-46-12-9-23(33)10-13-46;/h1-2,5-8,11,14,16,18-19,22-23,31,33,35,38,45H,3-4,9-10,12-13,15,17,20-21H2;1H2/t31-,33-,35?;/m0./s1. The zero-order valence-corrected chi connectivity index (χ0v) is 31.4. The van der Waals surface area contributed by atoms with Crippen molar-refractivity contribution in [3.63, 3.8) is 0 Å². The van der Waals surface area contributed by atoms with Crippen LogP contribution in [0.1, 0.15) is 69.1 Å². The van der Waals surface area contributed by atoms with Gasteiger partial charge in [-0.25, -0.2) is 14.6 Å². The van der Waals surface area contributed by atoms with E-state index in [-0.39, 0.29) is 42.0 Å². The van der Waals surface area contributed by atoms with Gasteiger partial charge in [0.25, 0.3) is 0 Å². The second-order valence-electron chi connectivity index (χ2n) is 13.5. The number of alkyl halides is 2. The van der Waals surface area contributed by atoms with Gasteiger partial charge >= 0.3 is 18.6 Å². The summed E-state index contributed by atoms with van der Waals surface area (Å²) >= 11 is 14.2. The number of aromatic nitrogens is 2. The normalized spacial score (nSPS) is 20.1. The highest BCUT2D eigenvalue weighted by Gasteiger charge is 2.38. The van der Waals surface area contributed by atoms with Crippen LogP contribution in [0.25, 0.3) is 0 Å². The Morgan fingerprint density at radius 1 is 1.02 bits per heavy atom. The topological polar surface area (TPSA) is 143 Å². The molecule has 8 rings (SSSR count). The summed E-state index contributed by atoms with van der Waals surface area (Å²) < 4.78 is 49.3. The minimum absolute atomic E-state index is 0. The van der Waals surface area contributed by atoms with Crippen LogP contribution in [0.4, 0.5) is 8.78 Å². The number of hydrogen-bond acceptors (Lipinski definition) is 11. The molecule has 3 aliphatic heterocycles. The van der Waals surface area contributed by atoms with Crippen LogP contribution < -0.4 is 19.8 Å². The molecule has 1 aromatic carbocycles. The largest absolute Gasteiger partial charge is 0.870 e. The van der Waals surface area contributed by atoms with Crippen LogP contribution in [0, 0.1) is 11.8 Å². The fourth-order valence-corrected chi connectivity index (χ4v) is 8.10. The molecule has 1 aliphatic carbocycles. The Labute approximate surface area is 325 Å². The molecule has 16 heteroatoms. The SMILES string of the molecule is O=C(O[C@@H](Cc1c(Cl)c[nH+]cc1Cl)c1ccc(OC(F)F)c(OCC2CC2)c1)c1ccc(CNC(C(=O)O[C@H]2CN3CCC2CC3)c2cccnc2)s1.[OH-]. The number of carbonyl (C=O) groups excluding carboxylic acids is 2. The lowest BCUT2D eigenvalue weighted by Crippen LogP contribution is -2.52. The van der Waals surface area contributed by atoms with Gasteiger partial charge in [-0.3, -0.25) is 15.2 Å². The van der Waals surface area contributed by atoms with Crippen LogP contribution in [0.5, 0.6) is 11.5 Å². The number of hydrogen-bond donors (Lipinski definition) is 1. The third kappa shape index (κ3) is 10.0. The van der Waals surface area contributed by atoms with Crippen LogP contribution in [0.3, 0.4) is 0 Å². The van der Waals surface area contributed by atoms with E-state index in [1.54, 1.807) is 55.1 Å². The molecule has 3 atom stereocenters. The van der Waals surface area contributed by atoms with Gasteiger partial charge in [0.05, 0.1) is 6.61 Å². The molecule has 3 saturated heterocycles. The summed E-state index contributed by atoms with van der Waals surface area (Å²) in [6.07, 6.45) is 9.48. The van der Waals surface area contributed by atoms with E-state index in [0.717, 1.165) is 50.2 Å². The molecule has 4 aromatic rings. The number of aromatic amines is 1. The average molecular weight is 806 g/mol. The summed E-state index contributed by atoms with van der Waals surface area (Å²) in [5.74, 6) is -0.257. The van der Waals surface area contributed by atoms with E-state index in [2.05, 4.69) is 20.2 Å². The van der Waals surface area contributed by atoms with Crippen LogP contribution in [-0.2, 0) is 27.2 Å². The van der Waals surface area contributed by atoms with E-state index in [9.17, 15) is 18.4 Å². The number of nitrogens with one attached hydrogen (secondary N) is 2. The van der Waals surface area contributed by atoms with Crippen molar-refractivity contribution in [2.24, 2.45) is 11.8 Å². The van der Waals surface area contributed by atoms with Crippen LogP contribution in [0.15, 0.2) is 67.3 Å². The molecule has 2 bridgehead atoms. The quantitative estimate of drug-likeness (QED) is 0.117. The van der Waals surface area contributed by atoms with Gasteiger partial charge in [-0.2, -0.15) is 8.78 Å². The molecule has 1 unspecified atom stereocenters. The molecular formula is C38H40Cl2F2N4O7S. The Bertz CT molecular complexity index is 1880. The Kier molecular flexibility index (Phi) is 13.4. The zero-order valence-electron chi connectivity index (χ0n) is 29.1. The molecule has 3 aromatic heterocycles. The second-order valence-corrected chi connectivity index (χ2v) is 15.5. The molecule has 288 valence electrons. The highest BCUT2D eigenvalue weighted by molar-refractivity contribution is 7.13. The van der Waals surface area contributed by atoms with E-state index in [0.29, 0.717) is 50.1 Å². The molecule has 3 N–H and O–H groups in total. The monoisotopic (exact) mass is 804 g/mol.